The first kappa shape index (κ1) is 14.9. The number of fused-ring (bicyclic) bond motifs is 2. The van der Waals surface area contributed by atoms with E-state index in [2.05, 4.69) is 22.1 Å². The molecule has 0 saturated carbocycles. The monoisotopic (exact) mass is 357 g/mol. The summed E-state index contributed by atoms with van der Waals surface area (Å²) in [6.45, 7) is 0. The van der Waals surface area contributed by atoms with Crippen LogP contribution < -0.4 is 11.5 Å². The molecular weight excluding hydrogens is 342 g/mol. The van der Waals surface area contributed by atoms with E-state index in [0.29, 0.717) is 0 Å². The van der Waals surface area contributed by atoms with Gasteiger partial charge in [0.1, 0.15) is 10.8 Å². The zero-order valence-corrected chi connectivity index (χ0v) is 14.5. The summed E-state index contributed by atoms with van der Waals surface area (Å²) in [5.74, 6) is 0.828. The number of H-pyrrole nitrogens is 1. The van der Waals surface area contributed by atoms with Crippen LogP contribution in [0.15, 0.2) is 60.7 Å². The smallest absolute Gasteiger partial charge is 0.138 e. The van der Waals surface area contributed by atoms with Gasteiger partial charge in [-0.2, -0.15) is 0 Å². The predicted octanol–water partition coefficient (Wildman–Crippen LogP) is 4.67. The summed E-state index contributed by atoms with van der Waals surface area (Å²) >= 11 is 1.64. The maximum Gasteiger partial charge on any atom is 0.138 e. The number of nitrogen functional groups attached to an aromatic ring is 2. The van der Waals surface area contributed by atoms with Gasteiger partial charge in [0.05, 0.1) is 21.3 Å². The molecule has 0 bridgehead atoms. The van der Waals surface area contributed by atoms with Crippen LogP contribution in [0.1, 0.15) is 0 Å². The molecule has 0 radical (unpaired) electrons. The zero-order valence-electron chi connectivity index (χ0n) is 13.7. The molecule has 0 aliphatic rings. The van der Waals surface area contributed by atoms with E-state index >= 15 is 0 Å². The van der Waals surface area contributed by atoms with Gasteiger partial charge in [-0.1, -0.05) is 0 Å². The number of nitrogens with zero attached hydrogens (tertiary/aromatic N) is 2. The second kappa shape index (κ2) is 5.57. The van der Waals surface area contributed by atoms with Gasteiger partial charge in [-0.3, -0.25) is 0 Å². The molecule has 0 amide bonds. The first-order valence-corrected chi connectivity index (χ1v) is 8.99. The Morgan fingerprint density at radius 3 is 2.31 bits per heavy atom. The molecule has 3 aromatic carbocycles. The SMILES string of the molecule is Nc1ccc(-c2nc3ccc(-c4nc5ccc(N)cc5s4)cc3[nH]2)cc1. The van der Waals surface area contributed by atoms with E-state index in [0.717, 1.165) is 54.6 Å². The summed E-state index contributed by atoms with van der Waals surface area (Å²) in [6, 6.07) is 19.6. The number of nitrogens with two attached hydrogens (primary N) is 2. The summed E-state index contributed by atoms with van der Waals surface area (Å²) in [5.41, 5.74) is 18.1. The topological polar surface area (TPSA) is 93.6 Å². The Morgan fingerprint density at radius 1 is 0.731 bits per heavy atom. The van der Waals surface area contributed by atoms with E-state index in [1.54, 1.807) is 11.3 Å². The summed E-state index contributed by atoms with van der Waals surface area (Å²) in [6.07, 6.45) is 0. The molecule has 5 aromatic rings. The van der Waals surface area contributed by atoms with Crippen LogP contribution in [0.5, 0.6) is 0 Å². The minimum absolute atomic E-state index is 0.739. The Balaban J connectivity index is 1.59. The number of aromatic amines is 1. The van der Waals surface area contributed by atoms with Crippen molar-refractivity contribution in [2.24, 2.45) is 0 Å². The van der Waals surface area contributed by atoms with Crippen LogP contribution in [-0.4, -0.2) is 15.0 Å². The van der Waals surface area contributed by atoms with Gasteiger partial charge in [0.25, 0.3) is 0 Å². The van der Waals surface area contributed by atoms with Gasteiger partial charge in [-0.25, -0.2) is 9.97 Å². The third-order valence-corrected chi connectivity index (χ3v) is 5.39. The van der Waals surface area contributed by atoms with Crippen molar-refractivity contribution in [2.75, 3.05) is 11.5 Å². The number of nitrogens with one attached hydrogen (secondary N) is 1. The number of hydrogen-bond donors (Lipinski definition) is 3. The van der Waals surface area contributed by atoms with Crippen LogP contribution in [-0.2, 0) is 0 Å². The molecule has 0 atom stereocenters. The molecule has 2 heterocycles. The molecule has 0 saturated heterocycles. The van der Waals surface area contributed by atoms with Crippen LogP contribution in [0.4, 0.5) is 11.4 Å². The van der Waals surface area contributed by atoms with Crippen molar-refractivity contribution in [1.29, 1.82) is 0 Å². The Morgan fingerprint density at radius 2 is 1.46 bits per heavy atom. The van der Waals surface area contributed by atoms with Crippen LogP contribution >= 0.6 is 11.3 Å². The minimum Gasteiger partial charge on any atom is -0.399 e. The molecule has 2 aromatic heterocycles. The summed E-state index contributed by atoms with van der Waals surface area (Å²) in [5, 5.41) is 0.969. The van der Waals surface area contributed by atoms with Gasteiger partial charge in [0.15, 0.2) is 0 Å². The third kappa shape index (κ3) is 2.48. The maximum atomic E-state index is 5.87. The van der Waals surface area contributed by atoms with Crippen molar-refractivity contribution in [3.8, 4) is 22.0 Å². The van der Waals surface area contributed by atoms with Gasteiger partial charge in [-0.15, -0.1) is 11.3 Å². The lowest BCUT2D eigenvalue weighted by Gasteiger charge is -1.96. The summed E-state index contributed by atoms with van der Waals surface area (Å²) in [7, 11) is 0. The number of aromatic nitrogens is 3. The van der Waals surface area contributed by atoms with Crippen molar-refractivity contribution in [1.82, 2.24) is 15.0 Å². The van der Waals surface area contributed by atoms with Crippen molar-refractivity contribution < 1.29 is 0 Å². The first-order valence-electron chi connectivity index (χ1n) is 8.18. The summed E-state index contributed by atoms with van der Waals surface area (Å²) < 4.78 is 1.09. The molecule has 0 spiro atoms. The van der Waals surface area contributed by atoms with Crippen LogP contribution in [0.25, 0.3) is 43.2 Å². The van der Waals surface area contributed by atoms with E-state index in [9.17, 15) is 0 Å². The van der Waals surface area contributed by atoms with E-state index in [-0.39, 0.29) is 0 Å². The highest BCUT2D eigenvalue weighted by molar-refractivity contribution is 7.21. The van der Waals surface area contributed by atoms with Gasteiger partial charge in [-0.05, 0) is 60.7 Å². The van der Waals surface area contributed by atoms with Crippen LogP contribution in [0.3, 0.4) is 0 Å². The summed E-state index contributed by atoms with van der Waals surface area (Å²) in [4.78, 5) is 12.8. The van der Waals surface area contributed by atoms with E-state index < -0.39 is 0 Å². The second-order valence-corrected chi connectivity index (χ2v) is 7.22. The second-order valence-electron chi connectivity index (χ2n) is 6.19. The first-order chi connectivity index (χ1) is 12.7. The lowest BCUT2D eigenvalue weighted by atomic mass is 10.2. The van der Waals surface area contributed by atoms with E-state index in [1.165, 1.54) is 0 Å². The van der Waals surface area contributed by atoms with E-state index in [4.69, 9.17) is 16.5 Å². The molecular formula is C20H15N5S. The Labute approximate surface area is 153 Å². The normalized spacial score (nSPS) is 11.4. The predicted molar refractivity (Wildman–Crippen MR) is 109 cm³/mol. The molecule has 5 nitrogen and oxygen atoms in total. The molecule has 5 N–H and O–H groups in total. The Hall–Kier alpha value is -3.38. The molecule has 0 aliphatic heterocycles. The van der Waals surface area contributed by atoms with Crippen molar-refractivity contribution >= 4 is 44.0 Å². The zero-order chi connectivity index (χ0) is 17.7. The standard InChI is InChI=1S/C20H15N5S/c21-13-4-1-11(2-5-13)19-23-15-7-3-12(9-17(15)24-19)20-25-16-8-6-14(22)10-18(16)26-20/h1-10H,21-22H2,(H,23,24). The molecule has 0 fully saturated rings. The quantitative estimate of drug-likeness (QED) is 0.400. The fourth-order valence-corrected chi connectivity index (χ4v) is 4.00. The van der Waals surface area contributed by atoms with Crippen LogP contribution in [0.2, 0.25) is 0 Å². The van der Waals surface area contributed by atoms with Gasteiger partial charge < -0.3 is 16.5 Å². The number of anilines is 2. The Kier molecular flexibility index (Phi) is 3.20. The number of benzene rings is 3. The molecule has 6 heteroatoms. The lowest BCUT2D eigenvalue weighted by molar-refractivity contribution is 1.34. The fourth-order valence-electron chi connectivity index (χ4n) is 2.99. The van der Waals surface area contributed by atoms with Crippen molar-refractivity contribution in [3.05, 3.63) is 60.7 Å². The van der Waals surface area contributed by atoms with E-state index in [1.807, 2.05) is 48.5 Å². The van der Waals surface area contributed by atoms with Gasteiger partial charge in [0.2, 0.25) is 0 Å². The molecule has 5 rings (SSSR count). The largest absolute Gasteiger partial charge is 0.399 e. The van der Waals surface area contributed by atoms with Crippen molar-refractivity contribution in [2.45, 2.75) is 0 Å². The third-order valence-electron chi connectivity index (χ3n) is 4.33. The average Bonchev–Trinajstić information content (AvgIpc) is 3.25. The number of rotatable bonds is 2. The molecule has 0 aliphatic carbocycles. The lowest BCUT2D eigenvalue weighted by Crippen LogP contribution is -1.84. The number of imidazole rings is 1. The maximum absolute atomic E-state index is 5.87. The van der Waals surface area contributed by atoms with Gasteiger partial charge in [0, 0.05) is 22.5 Å². The highest BCUT2D eigenvalue weighted by Gasteiger charge is 2.10. The fraction of sp³-hybridized carbons (Fsp3) is 0. The highest BCUT2D eigenvalue weighted by atomic mass is 32.1. The van der Waals surface area contributed by atoms with Crippen LogP contribution in [0, 0.1) is 0 Å². The van der Waals surface area contributed by atoms with Crippen molar-refractivity contribution in [3.63, 3.8) is 0 Å². The highest BCUT2D eigenvalue weighted by Crippen LogP contribution is 2.33. The van der Waals surface area contributed by atoms with Gasteiger partial charge >= 0.3 is 0 Å². The number of hydrogen-bond acceptors (Lipinski definition) is 5. The minimum atomic E-state index is 0.739. The Bertz CT molecular complexity index is 1250. The number of thiazole rings is 1. The molecule has 126 valence electrons. The molecule has 26 heavy (non-hydrogen) atoms. The average molecular weight is 357 g/mol. The molecule has 0 unspecified atom stereocenters.